The highest BCUT2D eigenvalue weighted by molar-refractivity contribution is 5.32. The highest BCUT2D eigenvalue weighted by Crippen LogP contribution is 2.33. The summed E-state index contributed by atoms with van der Waals surface area (Å²) in [7, 11) is 1.71. The van der Waals surface area contributed by atoms with Gasteiger partial charge in [-0.15, -0.1) is 5.10 Å². The van der Waals surface area contributed by atoms with Gasteiger partial charge in [0, 0.05) is 32.2 Å². The number of tetrazole rings is 1. The molecule has 164 valence electrons. The number of nitrogens with zero attached hydrogens (tertiary/aromatic N) is 6. The molecule has 0 amide bonds. The van der Waals surface area contributed by atoms with E-state index in [4.69, 9.17) is 4.74 Å². The summed E-state index contributed by atoms with van der Waals surface area (Å²) in [5, 5.41) is 13.0. The summed E-state index contributed by atoms with van der Waals surface area (Å²) in [6, 6.07) is 9.22. The van der Waals surface area contributed by atoms with Crippen molar-refractivity contribution in [3.63, 3.8) is 0 Å². The predicted octanol–water partition coefficient (Wildman–Crippen LogP) is 3.48. The van der Waals surface area contributed by atoms with Crippen molar-refractivity contribution in [2.75, 3.05) is 33.3 Å². The molecular weight excluding hydrogens is 376 g/mol. The topological polar surface area (TPSA) is 59.3 Å². The molecule has 2 fully saturated rings. The molecule has 4 rings (SSSR count). The van der Waals surface area contributed by atoms with Crippen molar-refractivity contribution in [3.05, 3.63) is 35.7 Å². The fourth-order valence-corrected chi connectivity index (χ4v) is 4.88. The molecule has 7 heteroatoms. The van der Waals surface area contributed by atoms with Crippen molar-refractivity contribution in [1.29, 1.82) is 0 Å². The number of hydrogen-bond acceptors (Lipinski definition) is 6. The van der Waals surface area contributed by atoms with Crippen LogP contribution in [0.3, 0.4) is 0 Å². The normalized spacial score (nSPS) is 20.5. The Bertz CT molecular complexity index is 803. The lowest BCUT2D eigenvalue weighted by Gasteiger charge is -2.41. The molecule has 1 aliphatic carbocycles. The van der Waals surface area contributed by atoms with E-state index in [1.165, 1.54) is 31.2 Å². The molecule has 0 N–H and O–H groups in total. The third-order valence-corrected chi connectivity index (χ3v) is 7.16. The van der Waals surface area contributed by atoms with Gasteiger partial charge in [-0.3, -0.25) is 9.80 Å². The number of piperazine rings is 1. The highest BCUT2D eigenvalue weighted by Gasteiger charge is 2.35. The van der Waals surface area contributed by atoms with Crippen LogP contribution in [0.2, 0.25) is 0 Å². The van der Waals surface area contributed by atoms with Crippen LogP contribution in [-0.2, 0) is 5.54 Å². The fraction of sp³-hybridized carbons (Fsp3) is 0.696. The van der Waals surface area contributed by atoms with Gasteiger partial charge < -0.3 is 4.74 Å². The summed E-state index contributed by atoms with van der Waals surface area (Å²) in [5.74, 6) is 1.80. The Morgan fingerprint density at radius 2 is 1.73 bits per heavy atom. The Morgan fingerprint density at radius 3 is 2.33 bits per heavy atom. The summed E-state index contributed by atoms with van der Waals surface area (Å²) >= 11 is 0. The standard InChI is InChI=1S/C23H36N6O/c1-5-23(2,3)29-22(24-25-26-29)21(18-10-12-20(30-4)13-11-18)28-16-14-27(15-17-28)19-8-6-7-9-19/h10-13,19,21H,5-9,14-17H2,1-4H3/t21-/m0/s1. The molecule has 1 saturated heterocycles. The lowest BCUT2D eigenvalue weighted by atomic mass is 9.99. The quantitative estimate of drug-likeness (QED) is 0.694. The molecule has 1 aliphatic heterocycles. The van der Waals surface area contributed by atoms with E-state index >= 15 is 0 Å². The van der Waals surface area contributed by atoms with Gasteiger partial charge in [-0.25, -0.2) is 4.68 Å². The van der Waals surface area contributed by atoms with Crippen LogP contribution in [0.1, 0.15) is 70.3 Å². The first-order valence-corrected chi connectivity index (χ1v) is 11.4. The minimum absolute atomic E-state index is 0.0439. The first-order chi connectivity index (χ1) is 14.5. The van der Waals surface area contributed by atoms with E-state index in [9.17, 15) is 0 Å². The van der Waals surface area contributed by atoms with Crippen molar-refractivity contribution in [1.82, 2.24) is 30.0 Å². The molecule has 1 atom stereocenters. The van der Waals surface area contributed by atoms with Gasteiger partial charge in [0.15, 0.2) is 5.82 Å². The fourth-order valence-electron chi connectivity index (χ4n) is 4.88. The summed E-state index contributed by atoms with van der Waals surface area (Å²) < 4.78 is 7.42. The van der Waals surface area contributed by atoms with E-state index in [2.05, 4.69) is 58.2 Å². The molecule has 2 aromatic rings. The maximum atomic E-state index is 5.39. The summed E-state index contributed by atoms with van der Waals surface area (Å²) in [5.41, 5.74) is 1.09. The second-order valence-electron chi connectivity index (χ2n) is 9.30. The van der Waals surface area contributed by atoms with Gasteiger partial charge in [0.25, 0.3) is 0 Å². The van der Waals surface area contributed by atoms with E-state index in [-0.39, 0.29) is 11.6 Å². The van der Waals surface area contributed by atoms with Gasteiger partial charge in [-0.2, -0.15) is 0 Å². The smallest absolute Gasteiger partial charge is 0.173 e. The van der Waals surface area contributed by atoms with Crippen molar-refractivity contribution in [2.45, 2.75) is 70.5 Å². The Kier molecular flexibility index (Phi) is 6.39. The van der Waals surface area contributed by atoms with Gasteiger partial charge in [-0.1, -0.05) is 31.9 Å². The minimum Gasteiger partial charge on any atom is -0.497 e. The van der Waals surface area contributed by atoms with Crippen LogP contribution in [0, 0.1) is 0 Å². The Morgan fingerprint density at radius 1 is 1.07 bits per heavy atom. The average Bonchev–Trinajstić information content (AvgIpc) is 3.48. The molecule has 2 heterocycles. The number of aromatic nitrogens is 4. The molecule has 1 saturated carbocycles. The van der Waals surface area contributed by atoms with Crippen LogP contribution in [0.5, 0.6) is 5.75 Å². The molecule has 0 spiro atoms. The molecule has 0 radical (unpaired) electrons. The summed E-state index contributed by atoms with van der Waals surface area (Å²) in [4.78, 5) is 5.26. The lowest BCUT2D eigenvalue weighted by Crippen LogP contribution is -2.51. The molecule has 0 unspecified atom stereocenters. The third-order valence-electron chi connectivity index (χ3n) is 7.16. The van der Waals surface area contributed by atoms with Crippen molar-refractivity contribution in [3.8, 4) is 5.75 Å². The number of hydrogen-bond donors (Lipinski definition) is 0. The Hall–Kier alpha value is -1.99. The third kappa shape index (κ3) is 4.23. The maximum absolute atomic E-state index is 5.39. The first kappa shape index (κ1) is 21.2. The van der Waals surface area contributed by atoms with E-state index in [1.807, 2.05) is 16.8 Å². The van der Waals surface area contributed by atoms with E-state index < -0.39 is 0 Å². The zero-order chi connectivity index (χ0) is 21.1. The van der Waals surface area contributed by atoms with Gasteiger partial charge >= 0.3 is 0 Å². The zero-order valence-corrected chi connectivity index (χ0v) is 18.9. The van der Waals surface area contributed by atoms with Gasteiger partial charge in [0.05, 0.1) is 18.7 Å². The van der Waals surface area contributed by atoms with E-state index in [1.54, 1.807) is 7.11 Å². The second kappa shape index (κ2) is 9.02. The van der Waals surface area contributed by atoms with Gasteiger partial charge in [-0.05, 0) is 61.2 Å². The van der Waals surface area contributed by atoms with Crippen LogP contribution in [-0.4, -0.2) is 69.3 Å². The monoisotopic (exact) mass is 412 g/mol. The molecule has 1 aromatic carbocycles. The zero-order valence-electron chi connectivity index (χ0n) is 18.9. The SMILES string of the molecule is CCC(C)(C)n1nnnc1[C@H](c1ccc(OC)cc1)N1CCN(C2CCCC2)CC1. The van der Waals surface area contributed by atoms with E-state index in [0.717, 1.165) is 50.2 Å². The van der Waals surface area contributed by atoms with Crippen molar-refractivity contribution < 1.29 is 4.74 Å². The minimum atomic E-state index is -0.130. The number of rotatable bonds is 7. The van der Waals surface area contributed by atoms with Gasteiger partial charge in [0.1, 0.15) is 5.75 Å². The maximum Gasteiger partial charge on any atom is 0.173 e. The number of methoxy groups -OCH3 is 1. The van der Waals surface area contributed by atoms with Crippen LogP contribution in [0.15, 0.2) is 24.3 Å². The number of benzene rings is 1. The lowest BCUT2D eigenvalue weighted by molar-refractivity contribution is 0.0751. The molecule has 7 nitrogen and oxygen atoms in total. The molecule has 0 bridgehead atoms. The number of ether oxygens (including phenoxy) is 1. The second-order valence-corrected chi connectivity index (χ2v) is 9.30. The van der Waals surface area contributed by atoms with Crippen molar-refractivity contribution >= 4 is 0 Å². The largest absolute Gasteiger partial charge is 0.497 e. The van der Waals surface area contributed by atoms with Crippen LogP contribution in [0.4, 0.5) is 0 Å². The van der Waals surface area contributed by atoms with Crippen LogP contribution >= 0.6 is 0 Å². The average molecular weight is 413 g/mol. The van der Waals surface area contributed by atoms with E-state index in [0.29, 0.717) is 0 Å². The Labute approximate surface area is 180 Å². The van der Waals surface area contributed by atoms with Crippen LogP contribution < -0.4 is 4.74 Å². The molecule has 1 aromatic heterocycles. The summed E-state index contributed by atoms with van der Waals surface area (Å²) in [6.45, 7) is 10.9. The molecular formula is C23H36N6O. The molecule has 2 aliphatic rings. The van der Waals surface area contributed by atoms with Gasteiger partial charge in [0.2, 0.25) is 0 Å². The summed E-state index contributed by atoms with van der Waals surface area (Å²) in [6.07, 6.45) is 6.48. The van der Waals surface area contributed by atoms with Crippen molar-refractivity contribution in [2.24, 2.45) is 0 Å². The Balaban J connectivity index is 1.63. The predicted molar refractivity (Wildman–Crippen MR) is 118 cm³/mol. The highest BCUT2D eigenvalue weighted by atomic mass is 16.5. The molecule has 30 heavy (non-hydrogen) atoms. The van der Waals surface area contributed by atoms with Crippen LogP contribution in [0.25, 0.3) is 0 Å². The first-order valence-electron chi connectivity index (χ1n) is 11.4.